The highest BCUT2D eigenvalue weighted by Gasteiger charge is 2.08. The summed E-state index contributed by atoms with van der Waals surface area (Å²) in [6.07, 6.45) is 6.31. The second-order valence-electron chi connectivity index (χ2n) is 2.10. The van der Waals surface area contributed by atoms with Crippen LogP contribution < -0.4 is 5.73 Å². The Kier molecular flexibility index (Phi) is 1.97. The normalized spacial score (nSPS) is 8.92. The van der Waals surface area contributed by atoms with Crippen molar-refractivity contribution in [2.75, 3.05) is 5.73 Å². The molecule has 0 saturated carbocycles. The van der Waals surface area contributed by atoms with E-state index in [1.807, 2.05) is 0 Å². The lowest BCUT2D eigenvalue weighted by atomic mass is 10.1. The van der Waals surface area contributed by atoms with Crippen molar-refractivity contribution in [3.63, 3.8) is 0 Å². The molecule has 0 saturated heterocycles. The van der Waals surface area contributed by atoms with E-state index in [1.165, 1.54) is 12.3 Å². The Bertz CT molecular complexity index is 366. The SMILES string of the molecule is C#Cc1cnc(N)cc1C(=O)O. The lowest BCUT2D eigenvalue weighted by molar-refractivity contribution is 0.0696. The van der Waals surface area contributed by atoms with Crippen LogP contribution >= 0.6 is 0 Å². The van der Waals surface area contributed by atoms with Gasteiger partial charge in [-0.25, -0.2) is 9.78 Å². The maximum Gasteiger partial charge on any atom is 0.337 e. The Balaban J connectivity index is 3.34. The second-order valence-corrected chi connectivity index (χ2v) is 2.10. The summed E-state index contributed by atoms with van der Waals surface area (Å²) in [6.45, 7) is 0. The summed E-state index contributed by atoms with van der Waals surface area (Å²) in [5, 5.41) is 8.64. The largest absolute Gasteiger partial charge is 0.478 e. The molecule has 0 bridgehead atoms. The van der Waals surface area contributed by atoms with E-state index in [4.69, 9.17) is 17.3 Å². The van der Waals surface area contributed by atoms with E-state index >= 15 is 0 Å². The molecular weight excluding hydrogens is 156 g/mol. The molecule has 4 nitrogen and oxygen atoms in total. The highest BCUT2D eigenvalue weighted by Crippen LogP contribution is 2.09. The molecule has 1 heterocycles. The number of aromatic nitrogens is 1. The third-order valence-electron chi connectivity index (χ3n) is 1.31. The van der Waals surface area contributed by atoms with E-state index in [0.29, 0.717) is 0 Å². The van der Waals surface area contributed by atoms with Gasteiger partial charge in [0.1, 0.15) is 5.82 Å². The van der Waals surface area contributed by atoms with Crippen LogP contribution in [0.2, 0.25) is 0 Å². The van der Waals surface area contributed by atoms with Gasteiger partial charge in [0, 0.05) is 6.20 Å². The predicted octanol–water partition coefficient (Wildman–Crippen LogP) is 0.343. The molecule has 0 radical (unpaired) electrons. The van der Waals surface area contributed by atoms with Crippen LogP contribution in [0.15, 0.2) is 12.3 Å². The summed E-state index contributed by atoms with van der Waals surface area (Å²) < 4.78 is 0. The maximum absolute atomic E-state index is 10.6. The second kappa shape index (κ2) is 2.93. The lowest BCUT2D eigenvalue weighted by Gasteiger charge is -1.98. The molecule has 3 N–H and O–H groups in total. The molecule has 4 heteroatoms. The predicted molar refractivity (Wildman–Crippen MR) is 43.5 cm³/mol. The number of hydrogen-bond acceptors (Lipinski definition) is 3. The number of rotatable bonds is 1. The summed E-state index contributed by atoms with van der Waals surface area (Å²) in [5.74, 6) is 1.25. The summed E-state index contributed by atoms with van der Waals surface area (Å²) in [7, 11) is 0. The fourth-order valence-electron chi connectivity index (χ4n) is 0.763. The van der Waals surface area contributed by atoms with Gasteiger partial charge < -0.3 is 10.8 Å². The van der Waals surface area contributed by atoms with Gasteiger partial charge in [-0.1, -0.05) is 5.92 Å². The number of carbonyl (C=O) groups is 1. The molecule has 1 aromatic heterocycles. The van der Waals surface area contributed by atoms with Crippen molar-refractivity contribution in [2.45, 2.75) is 0 Å². The van der Waals surface area contributed by atoms with E-state index in [9.17, 15) is 4.79 Å². The van der Waals surface area contributed by atoms with Crippen LogP contribution in [0.5, 0.6) is 0 Å². The highest BCUT2D eigenvalue weighted by atomic mass is 16.4. The molecular formula is C8H6N2O2. The summed E-state index contributed by atoms with van der Waals surface area (Å²) >= 11 is 0. The molecule has 0 fully saturated rings. The molecule has 1 rings (SSSR count). The number of terminal acetylenes is 1. The monoisotopic (exact) mass is 162 g/mol. The van der Waals surface area contributed by atoms with E-state index in [2.05, 4.69) is 10.9 Å². The average Bonchev–Trinajstić information content (AvgIpc) is 2.04. The Morgan fingerprint density at radius 1 is 1.75 bits per heavy atom. The Morgan fingerprint density at radius 2 is 2.42 bits per heavy atom. The number of nitrogens with zero attached hydrogens (tertiary/aromatic N) is 1. The Hall–Kier alpha value is -2.02. The van der Waals surface area contributed by atoms with E-state index < -0.39 is 5.97 Å². The van der Waals surface area contributed by atoms with Gasteiger partial charge in [-0.15, -0.1) is 6.42 Å². The molecule has 0 unspecified atom stereocenters. The van der Waals surface area contributed by atoms with Crippen LogP contribution in [0.1, 0.15) is 15.9 Å². The number of anilines is 1. The minimum absolute atomic E-state index is 0.00463. The van der Waals surface area contributed by atoms with Crippen molar-refractivity contribution < 1.29 is 9.90 Å². The fourth-order valence-corrected chi connectivity index (χ4v) is 0.763. The molecule has 0 aliphatic heterocycles. The average molecular weight is 162 g/mol. The first-order chi connectivity index (χ1) is 5.65. The molecule has 0 spiro atoms. The topological polar surface area (TPSA) is 76.2 Å². The quantitative estimate of drug-likeness (QED) is 0.584. The van der Waals surface area contributed by atoms with Crippen LogP contribution in [0.25, 0.3) is 0 Å². The first-order valence-corrected chi connectivity index (χ1v) is 3.10. The zero-order valence-electron chi connectivity index (χ0n) is 6.11. The first kappa shape index (κ1) is 8.08. The first-order valence-electron chi connectivity index (χ1n) is 3.10. The van der Waals surface area contributed by atoms with E-state index in [-0.39, 0.29) is 16.9 Å². The number of hydrogen-bond donors (Lipinski definition) is 2. The fraction of sp³-hybridized carbons (Fsp3) is 0. The van der Waals surface area contributed by atoms with Crippen LogP contribution in [0.4, 0.5) is 5.82 Å². The van der Waals surface area contributed by atoms with Crippen molar-refractivity contribution in [1.29, 1.82) is 0 Å². The van der Waals surface area contributed by atoms with Gasteiger partial charge in [0.25, 0.3) is 0 Å². The zero-order chi connectivity index (χ0) is 9.14. The Labute approximate surface area is 69.0 Å². The van der Waals surface area contributed by atoms with Crippen molar-refractivity contribution in [1.82, 2.24) is 4.98 Å². The van der Waals surface area contributed by atoms with Gasteiger partial charge in [0.2, 0.25) is 0 Å². The molecule has 0 amide bonds. The third-order valence-corrected chi connectivity index (χ3v) is 1.31. The number of nitrogen functional groups attached to an aromatic ring is 1. The van der Waals surface area contributed by atoms with Crippen molar-refractivity contribution >= 4 is 11.8 Å². The number of carboxylic acid groups (broad SMARTS) is 1. The number of aromatic carboxylic acids is 1. The van der Waals surface area contributed by atoms with Crippen LogP contribution in [0, 0.1) is 12.3 Å². The highest BCUT2D eigenvalue weighted by molar-refractivity contribution is 5.91. The number of nitrogens with two attached hydrogens (primary N) is 1. The summed E-state index contributed by atoms with van der Waals surface area (Å²) in [6, 6.07) is 1.23. The van der Waals surface area contributed by atoms with Gasteiger partial charge in [-0.2, -0.15) is 0 Å². The van der Waals surface area contributed by atoms with Gasteiger partial charge in [0.15, 0.2) is 0 Å². The van der Waals surface area contributed by atoms with Gasteiger partial charge in [0.05, 0.1) is 11.1 Å². The van der Waals surface area contributed by atoms with Crippen molar-refractivity contribution in [3.05, 3.63) is 23.4 Å². The molecule has 60 valence electrons. The molecule has 12 heavy (non-hydrogen) atoms. The van der Waals surface area contributed by atoms with E-state index in [0.717, 1.165) is 0 Å². The molecule has 0 atom stereocenters. The molecule has 1 aromatic rings. The van der Waals surface area contributed by atoms with Crippen LogP contribution in [0.3, 0.4) is 0 Å². The number of carboxylic acids is 1. The standard InChI is InChI=1S/C8H6N2O2/c1-2-5-4-10-7(9)3-6(5)8(11)12/h1,3-4H,(H2,9,10)(H,11,12). The van der Waals surface area contributed by atoms with Crippen LogP contribution in [-0.4, -0.2) is 16.1 Å². The minimum Gasteiger partial charge on any atom is -0.478 e. The molecule has 0 aliphatic carbocycles. The maximum atomic E-state index is 10.6. The summed E-state index contributed by atoms with van der Waals surface area (Å²) in [5.41, 5.74) is 5.51. The number of pyridine rings is 1. The Morgan fingerprint density at radius 3 is 2.92 bits per heavy atom. The minimum atomic E-state index is -1.10. The molecule has 0 aromatic carbocycles. The van der Waals surface area contributed by atoms with Crippen molar-refractivity contribution in [2.24, 2.45) is 0 Å². The summed E-state index contributed by atoms with van der Waals surface area (Å²) in [4.78, 5) is 14.2. The smallest absolute Gasteiger partial charge is 0.337 e. The third kappa shape index (κ3) is 1.35. The van der Waals surface area contributed by atoms with Gasteiger partial charge >= 0.3 is 5.97 Å². The van der Waals surface area contributed by atoms with Crippen molar-refractivity contribution in [3.8, 4) is 12.3 Å². The van der Waals surface area contributed by atoms with Crippen LogP contribution in [-0.2, 0) is 0 Å². The zero-order valence-corrected chi connectivity index (χ0v) is 6.11. The van der Waals surface area contributed by atoms with Gasteiger partial charge in [-0.05, 0) is 6.07 Å². The molecule has 0 aliphatic rings. The lowest BCUT2D eigenvalue weighted by Crippen LogP contribution is -2.03. The van der Waals surface area contributed by atoms with Gasteiger partial charge in [-0.3, -0.25) is 0 Å². The van der Waals surface area contributed by atoms with E-state index in [1.54, 1.807) is 0 Å².